The van der Waals surface area contributed by atoms with Crippen molar-refractivity contribution < 1.29 is 9.59 Å². The Bertz CT molecular complexity index is 1390. The molecule has 2 heterocycles. The summed E-state index contributed by atoms with van der Waals surface area (Å²) in [6.07, 6.45) is 3.10. The Kier molecular flexibility index (Phi) is 7.17. The molecular weight excluding hydrogens is 466 g/mol. The molecule has 0 spiro atoms. The van der Waals surface area contributed by atoms with Gasteiger partial charge in [0.15, 0.2) is 0 Å². The van der Waals surface area contributed by atoms with Crippen molar-refractivity contribution in [3.8, 4) is 6.07 Å². The van der Waals surface area contributed by atoms with Crippen LogP contribution in [0.25, 0.3) is 10.9 Å². The molecular formula is C26H26ClN5O3. The van der Waals surface area contributed by atoms with E-state index in [0.717, 1.165) is 24.0 Å². The molecule has 4 rings (SSSR count). The number of rotatable bonds is 5. The van der Waals surface area contributed by atoms with Crippen molar-refractivity contribution >= 4 is 34.3 Å². The fraction of sp³-hybridized carbons (Fsp3) is 0.346. The highest BCUT2D eigenvalue weighted by Crippen LogP contribution is 2.29. The highest BCUT2D eigenvalue weighted by atomic mass is 35.5. The standard InChI is InChI=1S/C26H26ClN5O3/c1-17(33)31-9-7-19(8-10-31)20-4-6-24-22(12-20)26(35)32(16-29-24)15-25(34)30(2)14-18-3-5-23(27)21(11-18)13-28/h3-6,11-12,16,19H,7-10,14-15H2,1-2H3. The molecule has 2 aromatic carbocycles. The van der Waals surface area contributed by atoms with Crippen molar-refractivity contribution in [3.05, 3.63) is 74.8 Å². The molecule has 9 heteroatoms. The molecule has 180 valence electrons. The number of benzene rings is 2. The summed E-state index contributed by atoms with van der Waals surface area (Å²) in [7, 11) is 1.65. The molecule has 2 amide bonds. The number of amides is 2. The SMILES string of the molecule is CC(=O)N1CCC(c2ccc3ncn(CC(=O)N(C)Cc4ccc(Cl)c(C#N)c4)c(=O)c3c2)CC1. The Balaban J connectivity index is 1.50. The molecule has 0 N–H and O–H groups in total. The molecule has 1 aliphatic heterocycles. The van der Waals surface area contributed by atoms with E-state index in [4.69, 9.17) is 16.9 Å². The van der Waals surface area contributed by atoms with Crippen LogP contribution in [-0.4, -0.2) is 51.3 Å². The summed E-state index contributed by atoms with van der Waals surface area (Å²) in [5, 5.41) is 10.0. The van der Waals surface area contributed by atoms with Gasteiger partial charge >= 0.3 is 0 Å². The van der Waals surface area contributed by atoms with Crippen molar-refractivity contribution in [2.45, 2.75) is 38.8 Å². The zero-order chi connectivity index (χ0) is 25.1. The number of carbonyl (C=O) groups excluding carboxylic acids is 2. The van der Waals surface area contributed by atoms with Gasteiger partial charge in [-0.15, -0.1) is 0 Å². The van der Waals surface area contributed by atoms with Crippen LogP contribution in [0.5, 0.6) is 0 Å². The first-order valence-corrected chi connectivity index (χ1v) is 11.8. The van der Waals surface area contributed by atoms with Crippen molar-refractivity contribution in [1.29, 1.82) is 5.26 Å². The molecule has 0 aliphatic carbocycles. The Morgan fingerprint density at radius 3 is 2.63 bits per heavy atom. The number of carbonyl (C=O) groups is 2. The van der Waals surface area contributed by atoms with E-state index in [1.165, 1.54) is 15.8 Å². The summed E-state index contributed by atoms with van der Waals surface area (Å²) in [5.41, 5.74) is 2.49. The fourth-order valence-electron chi connectivity index (χ4n) is 4.46. The van der Waals surface area contributed by atoms with Crippen LogP contribution in [0.1, 0.15) is 42.4 Å². The minimum absolute atomic E-state index is 0.0882. The van der Waals surface area contributed by atoms with Gasteiger partial charge in [-0.2, -0.15) is 5.26 Å². The van der Waals surface area contributed by atoms with Gasteiger partial charge in [-0.1, -0.05) is 23.7 Å². The summed E-state index contributed by atoms with van der Waals surface area (Å²) in [4.78, 5) is 45.4. The maximum absolute atomic E-state index is 13.2. The number of likely N-dealkylation sites (N-methyl/N-ethyl adjacent to an activating group) is 1. The van der Waals surface area contributed by atoms with Crippen LogP contribution in [-0.2, 0) is 22.7 Å². The quantitative estimate of drug-likeness (QED) is 0.545. The largest absolute Gasteiger partial charge is 0.343 e. The van der Waals surface area contributed by atoms with Crippen molar-refractivity contribution in [1.82, 2.24) is 19.4 Å². The summed E-state index contributed by atoms with van der Waals surface area (Å²) in [6, 6.07) is 12.8. The third kappa shape index (κ3) is 5.36. The lowest BCUT2D eigenvalue weighted by Gasteiger charge is -2.31. The van der Waals surface area contributed by atoms with Gasteiger partial charge in [0.05, 0.1) is 27.8 Å². The van der Waals surface area contributed by atoms with Crippen LogP contribution < -0.4 is 5.56 Å². The van der Waals surface area contributed by atoms with Gasteiger partial charge in [-0.05, 0) is 54.2 Å². The van der Waals surface area contributed by atoms with Crippen LogP contribution >= 0.6 is 11.6 Å². The molecule has 0 radical (unpaired) electrons. The lowest BCUT2D eigenvalue weighted by atomic mass is 9.89. The number of nitriles is 1. The maximum atomic E-state index is 13.2. The first-order chi connectivity index (χ1) is 16.8. The Labute approximate surface area is 208 Å². The number of piperidine rings is 1. The first kappa shape index (κ1) is 24.4. The summed E-state index contributed by atoms with van der Waals surface area (Å²) < 4.78 is 1.33. The molecule has 1 fully saturated rings. The molecule has 3 aromatic rings. The Morgan fingerprint density at radius 1 is 1.20 bits per heavy atom. The summed E-state index contributed by atoms with van der Waals surface area (Å²) >= 11 is 5.98. The lowest BCUT2D eigenvalue weighted by Crippen LogP contribution is -2.36. The average Bonchev–Trinajstić information content (AvgIpc) is 2.86. The van der Waals surface area contributed by atoms with E-state index in [1.807, 2.05) is 29.2 Å². The predicted molar refractivity (Wildman–Crippen MR) is 133 cm³/mol. The highest BCUT2D eigenvalue weighted by molar-refractivity contribution is 6.31. The van der Waals surface area contributed by atoms with E-state index in [0.29, 0.717) is 34.6 Å². The average molecular weight is 492 g/mol. The van der Waals surface area contributed by atoms with Gasteiger partial charge in [-0.3, -0.25) is 19.0 Å². The van der Waals surface area contributed by atoms with E-state index in [9.17, 15) is 14.4 Å². The smallest absolute Gasteiger partial charge is 0.261 e. The van der Waals surface area contributed by atoms with Gasteiger partial charge in [0.25, 0.3) is 5.56 Å². The second-order valence-electron chi connectivity index (χ2n) is 8.91. The van der Waals surface area contributed by atoms with E-state index in [1.54, 1.807) is 32.2 Å². The lowest BCUT2D eigenvalue weighted by molar-refractivity contribution is -0.131. The maximum Gasteiger partial charge on any atom is 0.261 e. The fourth-order valence-corrected chi connectivity index (χ4v) is 4.62. The van der Waals surface area contributed by atoms with E-state index < -0.39 is 0 Å². The van der Waals surface area contributed by atoms with Crippen LogP contribution in [0.3, 0.4) is 0 Å². The minimum Gasteiger partial charge on any atom is -0.343 e. The Morgan fingerprint density at radius 2 is 1.94 bits per heavy atom. The monoisotopic (exact) mass is 491 g/mol. The number of likely N-dealkylation sites (tertiary alicyclic amines) is 1. The molecule has 35 heavy (non-hydrogen) atoms. The van der Waals surface area contributed by atoms with Gasteiger partial charge in [-0.25, -0.2) is 4.98 Å². The van der Waals surface area contributed by atoms with Gasteiger partial charge < -0.3 is 9.80 Å². The topological polar surface area (TPSA) is 99.3 Å². The van der Waals surface area contributed by atoms with E-state index in [2.05, 4.69) is 4.98 Å². The zero-order valence-corrected chi connectivity index (χ0v) is 20.5. The van der Waals surface area contributed by atoms with Crippen LogP contribution in [0.15, 0.2) is 47.5 Å². The third-order valence-corrected chi connectivity index (χ3v) is 6.89. The van der Waals surface area contributed by atoms with Crippen molar-refractivity contribution in [2.24, 2.45) is 0 Å². The van der Waals surface area contributed by atoms with Gasteiger partial charge in [0.1, 0.15) is 12.6 Å². The minimum atomic E-state index is -0.266. The van der Waals surface area contributed by atoms with Gasteiger partial charge in [0, 0.05) is 33.6 Å². The first-order valence-electron chi connectivity index (χ1n) is 11.4. The summed E-state index contributed by atoms with van der Waals surface area (Å²) in [5.74, 6) is 0.105. The molecule has 1 saturated heterocycles. The molecule has 1 aromatic heterocycles. The molecule has 0 unspecified atom stereocenters. The van der Waals surface area contributed by atoms with Gasteiger partial charge in [0.2, 0.25) is 11.8 Å². The number of nitrogens with zero attached hydrogens (tertiary/aromatic N) is 5. The van der Waals surface area contributed by atoms with Crippen molar-refractivity contribution in [2.75, 3.05) is 20.1 Å². The second kappa shape index (κ2) is 10.3. The Hall–Kier alpha value is -3.70. The van der Waals surface area contributed by atoms with Crippen molar-refractivity contribution in [3.63, 3.8) is 0 Å². The normalized spacial score (nSPS) is 14.1. The molecule has 0 atom stereocenters. The molecule has 0 saturated carbocycles. The van der Waals surface area contributed by atoms with Crippen LogP contribution in [0, 0.1) is 11.3 Å². The molecule has 1 aliphatic rings. The van der Waals surface area contributed by atoms with Crippen LogP contribution in [0.4, 0.5) is 0 Å². The number of aromatic nitrogens is 2. The number of halogens is 1. The zero-order valence-electron chi connectivity index (χ0n) is 19.7. The number of hydrogen-bond acceptors (Lipinski definition) is 5. The van der Waals surface area contributed by atoms with E-state index in [-0.39, 0.29) is 36.4 Å². The number of fused-ring (bicyclic) bond motifs is 1. The second-order valence-corrected chi connectivity index (χ2v) is 9.32. The third-order valence-electron chi connectivity index (χ3n) is 6.56. The molecule has 8 nitrogen and oxygen atoms in total. The molecule has 0 bridgehead atoms. The number of hydrogen-bond donors (Lipinski definition) is 0. The van der Waals surface area contributed by atoms with Crippen LogP contribution in [0.2, 0.25) is 5.02 Å². The highest BCUT2D eigenvalue weighted by Gasteiger charge is 2.22. The van der Waals surface area contributed by atoms with E-state index >= 15 is 0 Å². The summed E-state index contributed by atoms with van der Waals surface area (Å²) in [6.45, 7) is 3.14. The predicted octanol–water partition coefficient (Wildman–Crippen LogP) is 3.31.